The van der Waals surface area contributed by atoms with Gasteiger partial charge in [-0.25, -0.2) is 0 Å². The van der Waals surface area contributed by atoms with Gasteiger partial charge in [0.25, 0.3) is 0 Å². The number of rotatable bonds is 3. The molecule has 0 saturated carbocycles. The number of allylic oxidation sites excluding steroid dienone is 2. The molecule has 0 spiro atoms. The summed E-state index contributed by atoms with van der Waals surface area (Å²) in [5.41, 5.74) is 3.47. The Hall–Kier alpha value is -2.62. The van der Waals surface area contributed by atoms with E-state index in [0.29, 0.717) is 24.2 Å². The van der Waals surface area contributed by atoms with Crippen molar-refractivity contribution in [2.45, 2.75) is 32.6 Å². The van der Waals surface area contributed by atoms with Gasteiger partial charge in [0.15, 0.2) is 5.78 Å². The average Bonchev–Trinajstić information content (AvgIpc) is 2.66. The highest BCUT2D eigenvalue weighted by Crippen LogP contribution is 2.47. The molecule has 4 heteroatoms. The Balaban J connectivity index is 1.96. The van der Waals surface area contributed by atoms with Gasteiger partial charge < -0.3 is 9.47 Å². The largest absolute Gasteiger partial charge is 0.496 e. The number of ether oxygens (including phenoxy) is 2. The Morgan fingerprint density at radius 1 is 1.08 bits per heavy atom. The van der Waals surface area contributed by atoms with Crippen molar-refractivity contribution in [3.05, 3.63) is 46.5 Å². The second-order valence-electron chi connectivity index (χ2n) is 7.10. The Morgan fingerprint density at radius 3 is 2.35 bits per heavy atom. The third-order valence-electron chi connectivity index (χ3n) is 5.77. The minimum Gasteiger partial charge on any atom is -0.496 e. The number of carbonyl (C=O) groups excluding carboxylic acids is 2. The van der Waals surface area contributed by atoms with Gasteiger partial charge >= 0.3 is 0 Å². The molecule has 0 radical (unpaired) electrons. The molecule has 134 valence electrons. The van der Waals surface area contributed by atoms with E-state index in [9.17, 15) is 9.59 Å². The van der Waals surface area contributed by atoms with Crippen molar-refractivity contribution in [3.63, 3.8) is 0 Å². The predicted molar refractivity (Wildman–Crippen MR) is 100 cm³/mol. The summed E-state index contributed by atoms with van der Waals surface area (Å²) in [4.78, 5) is 25.3. The molecule has 2 aliphatic rings. The topological polar surface area (TPSA) is 52.6 Å². The molecule has 0 bridgehead atoms. The van der Waals surface area contributed by atoms with Crippen molar-refractivity contribution in [1.82, 2.24) is 0 Å². The van der Waals surface area contributed by atoms with Gasteiger partial charge in [-0.05, 0) is 32.6 Å². The molecule has 0 heterocycles. The van der Waals surface area contributed by atoms with Crippen LogP contribution >= 0.6 is 0 Å². The van der Waals surface area contributed by atoms with Crippen LogP contribution in [0.2, 0.25) is 0 Å². The van der Waals surface area contributed by atoms with Crippen molar-refractivity contribution in [2.75, 3.05) is 14.2 Å². The van der Waals surface area contributed by atoms with Crippen LogP contribution in [0.25, 0.3) is 10.8 Å². The van der Waals surface area contributed by atoms with Crippen molar-refractivity contribution in [1.29, 1.82) is 0 Å². The first kappa shape index (κ1) is 16.8. The van der Waals surface area contributed by atoms with Crippen LogP contribution in [0.15, 0.2) is 35.4 Å². The lowest BCUT2D eigenvalue weighted by Crippen LogP contribution is -2.26. The molecular formula is C22H22O4. The molecule has 2 aromatic carbocycles. The number of carbonyl (C=O) groups is 2. The number of methoxy groups -OCH3 is 2. The molecule has 0 aliphatic heterocycles. The monoisotopic (exact) mass is 350 g/mol. The van der Waals surface area contributed by atoms with Gasteiger partial charge in [-0.15, -0.1) is 0 Å². The summed E-state index contributed by atoms with van der Waals surface area (Å²) in [6.45, 7) is 1.62. The quantitative estimate of drug-likeness (QED) is 0.829. The van der Waals surface area contributed by atoms with Gasteiger partial charge in [0, 0.05) is 27.8 Å². The molecule has 0 amide bonds. The second-order valence-corrected chi connectivity index (χ2v) is 7.10. The van der Waals surface area contributed by atoms with E-state index in [4.69, 9.17) is 9.47 Å². The van der Waals surface area contributed by atoms with E-state index < -0.39 is 0 Å². The molecule has 1 unspecified atom stereocenters. The molecule has 1 atom stereocenters. The third-order valence-corrected chi connectivity index (χ3v) is 5.77. The molecule has 0 saturated heterocycles. The molecule has 26 heavy (non-hydrogen) atoms. The molecule has 4 nitrogen and oxygen atoms in total. The fraction of sp³-hybridized carbons (Fsp3) is 0.364. The first-order valence-electron chi connectivity index (χ1n) is 8.98. The first-order chi connectivity index (χ1) is 12.6. The van der Waals surface area contributed by atoms with Crippen LogP contribution in [0.1, 0.15) is 42.1 Å². The summed E-state index contributed by atoms with van der Waals surface area (Å²) in [6.07, 6.45) is 2.85. The lowest BCUT2D eigenvalue weighted by molar-refractivity contribution is -0.121. The Morgan fingerprint density at radius 2 is 1.73 bits per heavy atom. The van der Waals surface area contributed by atoms with E-state index >= 15 is 0 Å². The Bertz CT molecular complexity index is 968. The van der Waals surface area contributed by atoms with Crippen LogP contribution in [0, 0.1) is 5.92 Å². The lowest BCUT2D eigenvalue weighted by Gasteiger charge is -2.31. The molecular weight excluding hydrogens is 328 g/mol. The first-order valence-corrected chi connectivity index (χ1v) is 8.98. The van der Waals surface area contributed by atoms with Crippen molar-refractivity contribution in [2.24, 2.45) is 5.92 Å². The predicted octanol–water partition coefficient (Wildman–Crippen LogP) is 4.28. The minimum absolute atomic E-state index is 0.00639. The van der Waals surface area contributed by atoms with Crippen molar-refractivity contribution in [3.8, 4) is 11.5 Å². The highest BCUT2D eigenvalue weighted by atomic mass is 16.5. The van der Waals surface area contributed by atoms with Gasteiger partial charge in [0.2, 0.25) is 0 Å². The summed E-state index contributed by atoms with van der Waals surface area (Å²) < 4.78 is 11.4. The van der Waals surface area contributed by atoms with Crippen LogP contribution in [0.3, 0.4) is 0 Å². The van der Waals surface area contributed by atoms with E-state index in [2.05, 4.69) is 0 Å². The zero-order valence-electron chi connectivity index (χ0n) is 15.3. The van der Waals surface area contributed by atoms with Crippen molar-refractivity contribution >= 4 is 22.3 Å². The number of hydrogen-bond acceptors (Lipinski definition) is 4. The van der Waals surface area contributed by atoms with E-state index in [1.54, 1.807) is 21.1 Å². The van der Waals surface area contributed by atoms with E-state index in [1.165, 1.54) is 0 Å². The fourth-order valence-electron chi connectivity index (χ4n) is 4.43. The van der Waals surface area contributed by atoms with E-state index in [-0.39, 0.29) is 17.5 Å². The summed E-state index contributed by atoms with van der Waals surface area (Å²) in [5, 5.41) is 1.83. The van der Waals surface area contributed by atoms with Gasteiger partial charge in [0.1, 0.15) is 17.3 Å². The third kappa shape index (κ3) is 2.36. The zero-order chi connectivity index (χ0) is 18.4. The molecule has 4 rings (SSSR count). The fourth-order valence-corrected chi connectivity index (χ4v) is 4.43. The second kappa shape index (κ2) is 6.27. The lowest BCUT2D eigenvalue weighted by atomic mass is 9.73. The molecule has 0 aromatic heterocycles. The van der Waals surface area contributed by atoms with Crippen LogP contribution in [0.5, 0.6) is 11.5 Å². The zero-order valence-corrected chi connectivity index (χ0v) is 15.3. The maximum absolute atomic E-state index is 13.4. The Labute approximate surface area is 152 Å². The smallest absolute Gasteiger partial charge is 0.193 e. The standard InChI is InChI=1S/C22H22O4/c1-12(23)13-8-9-14-11-18-19(20(24)17(14)10-13)22(26-3)16-7-5-4-6-15(16)21(18)25-2/h4-7,13H,8-11H2,1-3H3. The normalized spacial score (nSPS) is 19.2. The SMILES string of the molecule is COc1c2c(c(OC)c3ccccc13)C(=O)C1=C(CCC(C(C)=O)C1)C2. The Kier molecular flexibility index (Phi) is 4.06. The van der Waals surface area contributed by atoms with E-state index in [0.717, 1.165) is 46.1 Å². The van der Waals surface area contributed by atoms with Gasteiger partial charge in [0.05, 0.1) is 19.8 Å². The molecule has 0 fully saturated rings. The minimum atomic E-state index is -0.0485. The highest BCUT2D eigenvalue weighted by Gasteiger charge is 2.36. The van der Waals surface area contributed by atoms with Gasteiger partial charge in [-0.2, -0.15) is 0 Å². The maximum Gasteiger partial charge on any atom is 0.193 e. The highest BCUT2D eigenvalue weighted by molar-refractivity contribution is 6.17. The number of fused-ring (bicyclic) bond motifs is 2. The molecule has 2 aliphatic carbocycles. The van der Waals surface area contributed by atoms with Gasteiger partial charge in [-0.3, -0.25) is 9.59 Å². The summed E-state index contributed by atoms with van der Waals surface area (Å²) in [7, 11) is 3.25. The number of ketones is 2. The van der Waals surface area contributed by atoms with Crippen LogP contribution < -0.4 is 9.47 Å². The summed E-state index contributed by atoms with van der Waals surface area (Å²) in [5.74, 6) is 1.47. The van der Waals surface area contributed by atoms with Crippen LogP contribution in [0.4, 0.5) is 0 Å². The number of hydrogen-bond donors (Lipinski definition) is 0. The number of Topliss-reactive ketones (excluding diaryl/α,β-unsaturated/α-hetero) is 2. The number of benzene rings is 2. The van der Waals surface area contributed by atoms with Crippen LogP contribution in [-0.4, -0.2) is 25.8 Å². The summed E-state index contributed by atoms with van der Waals surface area (Å²) >= 11 is 0. The molecule has 0 N–H and O–H groups in total. The van der Waals surface area contributed by atoms with E-state index in [1.807, 2.05) is 24.3 Å². The maximum atomic E-state index is 13.4. The van der Waals surface area contributed by atoms with Gasteiger partial charge in [-0.1, -0.05) is 29.8 Å². The van der Waals surface area contributed by atoms with Crippen LogP contribution in [-0.2, 0) is 11.2 Å². The summed E-state index contributed by atoms with van der Waals surface area (Å²) in [6, 6.07) is 7.84. The van der Waals surface area contributed by atoms with Crippen molar-refractivity contribution < 1.29 is 19.1 Å². The average molecular weight is 350 g/mol. The molecule has 2 aromatic rings.